The van der Waals surface area contributed by atoms with Crippen LogP contribution >= 0.6 is 0 Å². The first-order chi connectivity index (χ1) is 7.17. The molecule has 0 aliphatic heterocycles. The van der Waals surface area contributed by atoms with E-state index < -0.39 is 0 Å². The van der Waals surface area contributed by atoms with E-state index in [0.29, 0.717) is 12.3 Å². The van der Waals surface area contributed by atoms with Gasteiger partial charge in [-0.15, -0.1) is 0 Å². The van der Waals surface area contributed by atoms with Crippen LogP contribution in [0, 0.1) is 0 Å². The lowest BCUT2D eigenvalue weighted by Crippen LogP contribution is -2.03. The zero-order valence-electron chi connectivity index (χ0n) is 9.62. The van der Waals surface area contributed by atoms with Crippen molar-refractivity contribution >= 4 is 5.78 Å². The Morgan fingerprint density at radius 2 is 1.93 bits per heavy atom. The number of carbonyl (C=O) groups excluding carboxylic acids is 1. The molecule has 0 radical (unpaired) electrons. The molecule has 0 aliphatic carbocycles. The molecule has 2 nitrogen and oxygen atoms in total. The highest BCUT2D eigenvalue weighted by molar-refractivity contribution is 5.76. The molecule has 0 aromatic heterocycles. The van der Waals surface area contributed by atoms with Gasteiger partial charge in [0.1, 0.15) is 11.5 Å². The lowest BCUT2D eigenvalue weighted by atomic mass is 9.92. The maximum Gasteiger partial charge on any atom is 0.130 e. The molecule has 0 saturated carbocycles. The van der Waals surface area contributed by atoms with E-state index in [1.54, 1.807) is 14.0 Å². The lowest BCUT2D eigenvalue weighted by Gasteiger charge is -2.13. The average Bonchev–Trinajstić information content (AvgIpc) is 2.26. The summed E-state index contributed by atoms with van der Waals surface area (Å²) in [6.45, 7) is 3.75. The molecule has 1 rings (SSSR count). The third-order valence-corrected chi connectivity index (χ3v) is 2.61. The number of benzene rings is 1. The fraction of sp³-hybridized carbons (Fsp3) is 0.462. The van der Waals surface area contributed by atoms with Gasteiger partial charge in [0.2, 0.25) is 0 Å². The van der Waals surface area contributed by atoms with Crippen molar-refractivity contribution in [3.8, 4) is 5.75 Å². The molecule has 0 saturated heterocycles. The van der Waals surface area contributed by atoms with Crippen molar-refractivity contribution in [1.29, 1.82) is 0 Å². The first-order valence-electron chi connectivity index (χ1n) is 5.30. The van der Waals surface area contributed by atoms with E-state index in [2.05, 4.69) is 6.92 Å². The first kappa shape index (κ1) is 11.8. The fourth-order valence-electron chi connectivity index (χ4n) is 1.72. The zero-order valence-corrected chi connectivity index (χ0v) is 9.62. The van der Waals surface area contributed by atoms with Gasteiger partial charge in [0, 0.05) is 6.42 Å². The molecule has 15 heavy (non-hydrogen) atoms. The summed E-state index contributed by atoms with van der Waals surface area (Å²) in [5.41, 5.74) is 1.22. The van der Waals surface area contributed by atoms with Crippen molar-refractivity contribution < 1.29 is 9.53 Å². The van der Waals surface area contributed by atoms with E-state index in [-0.39, 0.29) is 5.78 Å². The molecule has 82 valence electrons. The van der Waals surface area contributed by atoms with Crippen molar-refractivity contribution in [1.82, 2.24) is 0 Å². The Labute approximate surface area is 91.3 Å². The third-order valence-electron chi connectivity index (χ3n) is 2.61. The standard InChI is InChI=1S/C13H18O2/c1-4-11(9-10(2)14)12-5-7-13(15-3)8-6-12/h5-8,11H,4,9H2,1-3H3/t11-/m1/s1. The number of methoxy groups -OCH3 is 1. The van der Waals surface area contributed by atoms with E-state index in [0.717, 1.165) is 12.2 Å². The second kappa shape index (κ2) is 5.54. The highest BCUT2D eigenvalue weighted by Gasteiger charge is 2.11. The predicted octanol–water partition coefficient (Wildman–Crippen LogP) is 3.17. The molecule has 2 heteroatoms. The molecular formula is C13H18O2. The quantitative estimate of drug-likeness (QED) is 0.739. The Morgan fingerprint density at radius 3 is 2.33 bits per heavy atom. The Morgan fingerprint density at radius 1 is 1.33 bits per heavy atom. The van der Waals surface area contributed by atoms with Crippen molar-refractivity contribution in [3.05, 3.63) is 29.8 Å². The van der Waals surface area contributed by atoms with Crippen LogP contribution < -0.4 is 4.74 Å². The maximum absolute atomic E-state index is 11.1. The van der Waals surface area contributed by atoms with Gasteiger partial charge in [0.25, 0.3) is 0 Å². The minimum absolute atomic E-state index is 0.248. The second-order valence-corrected chi connectivity index (χ2v) is 3.78. The monoisotopic (exact) mass is 206 g/mol. The molecule has 0 aliphatic rings. The Hall–Kier alpha value is -1.31. The van der Waals surface area contributed by atoms with Crippen LogP contribution in [-0.2, 0) is 4.79 Å². The van der Waals surface area contributed by atoms with E-state index in [1.165, 1.54) is 5.56 Å². The van der Waals surface area contributed by atoms with Crippen LogP contribution in [0.1, 0.15) is 38.2 Å². The van der Waals surface area contributed by atoms with Crippen LogP contribution in [0.25, 0.3) is 0 Å². The largest absolute Gasteiger partial charge is 0.497 e. The zero-order chi connectivity index (χ0) is 11.3. The molecule has 0 N–H and O–H groups in total. The molecule has 0 bridgehead atoms. The summed E-state index contributed by atoms with van der Waals surface area (Å²) >= 11 is 0. The van der Waals surface area contributed by atoms with Gasteiger partial charge in [-0.1, -0.05) is 19.1 Å². The maximum atomic E-state index is 11.1. The van der Waals surface area contributed by atoms with Crippen LogP contribution in [-0.4, -0.2) is 12.9 Å². The Bertz CT molecular complexity index is 314. The van der Waals surface area contributed by atoms with Gasteiger partial charge in [0.05, 0.1) is 7.11 Å². The van der Waals surface area contributed by atoms with Gasteiger partial charge in [-0.05, 0) is 37.0 Å². The van der Waals surface area contributed by atoms with Crippen molar-refractivity contribution in [2.45, 2.75) is 32.6 Å². The van der Waals surface area contributed by atoms with Gasteiger partial charge in [-0.3, -0.25) is 0 Å². The molecule has 0 heterocycles. The van der Waals surface area contributed by atoms with E-state index in [4.69, 9.17) is 4.74 Å². The smallest absolute Gasteiger partial charge is 0.130 e. The number of hydrogen-bond acceptors (Lipinski definition) is 2. The molecular weight excluding hydrogens is 188 g/mol. The predicted molar refractivity (Wildman–Crippen MR) is 61.3 cm³/mol. The minimum atomic E-state index is 0.248. The van der Waals surface area contributed by atoms with Crippen molar-refractivity contribution in [2.24, 2.45) is 0 Å². The lowest BCUT2D eigenvalue weighted by molar-refractivity contribution is -0.117. The number of rotatable bonds is 5. The van der Waals surface area contributed by atoms with Gasteiger partial charge in [0.15, 0.2) is 0 Å². The molecule has 0 spiro atoms. The van der Waals surface area contributed by atoms with E-state index in [9.17, 15) is 4.79 Å². The van der Waals surface area contributed by atoms with Gasteiger partial charge >= 0.3 is 0 Å². The number of ether oxygens (including phenoxy) is 1. The summed E-state index contributed by atoms with van der Waals surface area (Å²) in [6, 6.07) is 7.96. The van der Waals surface area contributed by atoms with Crippen LogP contribution in [0.5, 0.6) is 5.75 Å². The van der Waals surface area contributed by atoms with Crippen LogP contribution in [0.2, 0.25) is 0 Å². The molecule has 1 aromatic carbocycles. The summed E-state index contributed by atoms with van der Waals surface area (Å²) in [4.78, 5) is 11.1. The number of ketones is 1. The second-order valence-electron chi connectivity index (χ2n) is 3.78. The van der Waals surface area contributed by atoms with Crippen LogP contribution in [0.3, 0.4) is 0 Å². The van der Waals surface area contributed by atoms with Crippen molar-refractivity contribution in [2.75, 3.05) is 7.11 Å². The highest BCUT2D eigenvalue weighted by atomic mass is 16.5. The van der Waals surface area contributed by atoms with Crippen molar-refractivity contribution in [3.63, 3.8) is 0 Å². The number of hydrogen-bond donors (Lipinski definition) is 0. The average molecular weight is 206 g/mol. The molecule has 1 aromatic rings. The summed E-state index contributed by atoms with van der Waals surface area (Å²) in [5, 5.41) is 0. The fourth-order valence-corrected chi connectivity index (χ4v) is 1.72. The van der Waals surface area contributed by atoms with E-state index >= 15 is 0 Å². The summed E-state index contributed by atoms with van der Waals surface area (Å²) < 4.78 is 5.10. The first-order valence-corrected chi connectivity index (χ1v) is 5.30. The topological polar surface area (TPSA) is 26.3 Å². The van der Waals surface area contributed by atoms with Gasteiger partial charge < -0.3 is 9.53 Å². The molecule has 0 amide bonds. The van der Waals surface area contributed by atoms with Gasteiger partial charge in [-0.25, -0.2) is 0 Å². The molecule has 1 atom stereocenters. The summed E-state index contributed by atoms with van der Waals surface area (Å²) in [7, 11) is 1.65. The molecule has 0 fully saturated rings. The summed E-state index contributed by atoms with van der Waals surface area (Å²) in [5.74, 6) is 1.45. The van der Waals surface area contributed by atoms with Crippen LogP contribution in [0.15, 0.2) is 24.3 Å². The Kier molecular flexibility index (Phi) is 4.35. The number of Topliss-reactive ketones (excluding diaryl/α,β-unsaturated/α-hetero) is 1. The molecule has 0 unspecified atom stereocenters. The number of carbonyl (C=O) groups is 1. The van der Waals surface area contributed by atoms with E-state index in [1.807, 2.05) is 24.3 Å². The van der Waals surface area contributed by atoms with Crippen LogP contribution in [0.4, 0.5) is 0 Å². The minimum Gasteiger partial charge on any atom is -0.497 e. The highest BCUT2D eigenvalue weighted by Crippen LogP contribution is 2.25. The Balaban J connectivity index is 2.78. The van der Waals surface area contributed by atoms with Gasteiger partial charge in [-0.2, -0.15) is 0 Å². The third kappa shape index (κ3) is 3.39. The normalized spacial score (nSPS) is 12.2. The summed E-state index contributed by atoms with van der Waals surface area (Å²) in [6.07, 6.45) is 1.62. The SMILES string of the molecule is CC[C@H](CC(C)=O)c1ccc(OC)cc1.